The molecule has 8 heteroatoms. The summed E-state index contributed by atoms with van der Waals surface area (Å²) in [4.78, 5) is 34.1. The molecule has 1 aromatic rings. The molecule has 0 aliphatic heterocycles. The highest BCUT2D eigenvalue weighted by molar-refractivity contribution is 5.89. The molecule has 0 fully saturated rings. The van der Waals surface area contributed by atoms with Crippen LogP contribution in [0.15, 0.2) is 24.3 Å². The number of aromatic hydroxyl groups is 1. The summed E-state index contributed by atoms with van der Waals surface area (Å²) in [6.07, 6.45) is 0.284. The first kappa shape index (κ1) is 17.4. The monoisotopic (exact) mass is 308 g/mol. The molecule has 22 heavy (non-hydrogen) atoms. The van der Waals surface area contributed by atoms with Crippen LogP contribution in [0, 0.1) is 0 Å². The van der Waals surface area contributed by atoms with Gasteiger partial charge in [0, 0.05) is 7.05 Å². The van der Waals surface area contributed by atoms with Crippen molar-refractivity contribution < 1.29 is 19.5 Å². The maximum atomic E-state index is 11.8. The number of carbonyl (C=O) groups is 3. The molecule has 1 rings (SSSR count). The van der Waals surface area contributed by atoms with Crippen molar-refractivity contribution in [1.29, 1.82) is 0 Å². The van der Waals surface area contributed by atoms with Gasteiger partial charge in [0.05, 0.1) is 19.1 Å². The van der Waals surface area contributed by atoms with Crippen LogP contribution in [0.1, 0.15) is 5.56 Å². The lowest BCUT2D eigenvalue weighted by Crippen LogP contribution is -2.46. The van der Waals surface area contributed by atoms with Crippen LogP contribution in [-0.4, -0.2) is 49.0 Å². The topological polar surface area (TPSA) is 134 Å². The molecule has 0 bridgehead atoms. The molecule has 3 amide bonds. The number of nitrogens with one attached hydrogen (secondary N) is 3. The fourth-order valence-electron chi connectivity index (χ4n) is 1.61. The Morgan fingerprint density at radius 2 is 1.68 bits per heavy atom. The van der Waals surface area contributed by atoms with Gasteiger partial charge in [0.2, 0.25) is 17.7 Å². The van der Waals surface area contributed by atoms with E-state index in [0.717, 1.165) is 5.56 Å². The largest absolute Gasteiger partial charge is 0.508 e. The number of phenols is 1. The molecule has 0 saturated carbocycles. The minimum atomic E-state index is -0.809. The highest BCUT2D eigenvalue weighted by Gasteiger charge is 2.15. The predicted molar refractivity (Wildman–Crippen MR) is 79.9 cm³/mol. The van der Waals surface area contributed by atoms with Crippen LogP contribution >= 0.6 is 0 Å². The molecular weight excluding hydrogens is 288 g/mol. The molecule has 0 spiro atoms. The van der Waals surface area contributed by atoms with Gasteiger partial charge in [-0.05, 0) is 24.1 Å². The summed E-state index contributed by atoms with van der Waals surface area (Å²) in [6.45, 7) is -0.399. The minimum Gasteiger partial charge on any atom is -0.508 e. The third-order valence-electron chi connectivity index (χ3n) is 2.88. The van der Waals surface area contributed by atoms with E-state index in [0.29, 0.717) is 0 Å². The van der Waals surface area contributed by atoms with Gasteiger partial charge in [-0.25, -0.2) is 0 Å². The van der Waals surface area contributed by atoms with Crippen molar-refractivity contribution in [3.8, 4) is 5.75 Å². The maximum Gasteiger partial charge on any atom is 0.239 e. The van der Waals surface area contributed by atoms with Crippen LogP contribution in [-0.2, 0) is 20.8 Å². The molecule has 0 radical (unpaired) electrons. The zero-order chi connectivity index (χ0) is 16.5. The van der Waals surface area contributed by atoms with E-state index in [2.05, 4.69) is 16.0 Å². The number of amides is 3. The van der Waals surface area contributed by atoms with Crippen molar-refractivity contribution in [2.75, 3.05) is 20.1 Å². The molecule has 6 N–H and O–H groups in total. The molecule has 1 unspecified atom stereocenters. The van der Waals surface area contributed by atoms with E-state index in [9.17, 15) is 14.4 Å². The summed E-state index contributed by atoms with van der Waals surface area (Å²) in [5, 5.41) is 16.3. The van der Waals surface area contributed by atoms with E-state index in [1.165, 1.54) is 19.2 Å². The smallest absolute Gasteiger partial charge is 0.239 e. The highest BCUT2D eigenvalue weighted by atomic mass is 16.3. The number of hydrogen-bond donors (Lipinski definition) is 5. The summed E-state index contributed by atoms with van der Waals surface area (Å²) in [6, 6.07) is 5.53. The van der Waals surface area contributed by atoms with Gasteiger partial charge in [-0.2, -0.15) is 0 Å². The van der Waals surface area contributed by atoms with Crippen molar-refractivity contribution in [1.82, 2.24) is 16.0 Å². The zero-order valence-corrected chi connectivity index (χ0v) is 12.3. The quantitative estimate of drug-likeness (QED) is 0.407. The van der Waals surface area contributed by atoms with Crippen molar-refractivity contribution in [2.24, 2.45) is 5.73 Å². The van der Waals surface area contributed by atoms with Crippen LogP contribution in [0.5, 0.6) is 5.75 Å². The lowest BCUT2D eigenvalue weighted by atomic mass is 10.1. The molecule has 0 aliphatic carbocycles. The summed E-state index contributed by atoms with van der Waals surface area (Å²) < 4.78 is 0. The molecular formula is C14H20N4O4. The van der Waals surface area contributed by atoms with Crippen molar-refractivity contribution in [3.63, 3.8) is 0 Å². The fourth-order valence-corrected chi connectivity index (χ4v) is 1.61. The van der Waals surface area contributed by atoms with E-state index in [1.54, 1.807) is 12.1 Å². The first-order valence-electron chi connectivity index (χ1n) is 6.71. The second-order valence-corrected chi connectivity index (χ2v) is 4.64. The average Bonchev–Trinajstić information content (AvgIpc) is 2.52. The Morgan fingerprint density at radius 3 is 2.27 bits per heavy atom. The van der Waals surface area contributed by atoms with E-state index in [-0.39, 0.29) is 31.2 Å². The molecule has 0 saturated heterocycles. The standard InChI is InChI=1S/C14H20N4O4/c1-16-12(20)7-17-13(21)8-18-14(22)11(15)6-9-2-4-10(19)5-3-9/h2-5,11,19H,6-8,15H2,1H3,(H,16,20)(H,17,21)(H,18,22). The Morgan fingerprint density at radius 1 is 1.09 bits per heavy atom. The fraction of sp³-hybridized carbons (Fsp3) is 0.357. The first-order chi connectivity index (χ1) is 10.4. The summed E-state index contributed by atoms with van der Waals surface area (Å²) in [7, 11) is 1.46. The lowest BCUT2D eigenvalue weighted by Gasteiger charge is -2.12. The Hall–Kier alpha value is -2.61. The highest BCUT2D eigenvalue weighted by Crippen LogP contribution is 2.10. The van der Waals surface area contributed by atoms with Crippen LogP contribution < -0.4 is 21.7 Å². The molecule has 1 atom stereocenters. The predicted octanol–water partition coefficient (Wildman–Crippen LogP) is -1.76. The van der Waals surface area contributed by atoms with E-state index in [1.807, 2.05) is 0 Å². The lowest BCUT2D eigenvalue weighted by molar-refractivity contribution is -0.128. The van der Waals surface area contributed by atoms with Gasteiger partial charge in [-0.15, -0.1) is 0 Å². The SMILES string of the molecule is CNC(=O)CNC(=O)CNC(=O)C(N)Cc1ccc(O)cc1. The van der Waals surface area contributed by atoms with Crippen molar-refractivity contribution in [2.45, 2.75) is 12.5 Å². The Bertz CT molecular complexity index is 530. The van der Waals surface area contributed by atoms with E-state index in [4.69, 9.17) is 10.8 Å². The number of likely N-dealkylation sites (N-methyl/N-ethyl adjacent to an activating group) is 1. The first-order valence-corrected chi connectivity index (χ1v) is 6.71. The second-order valence-electron chi connectivity index (χ2n) is 4.64. The van der Waals surface area contributed by atoms with E-state index >= 15 is 0 Å². The third kappa shape index (κ3) is 6.23. The van der Waals surface area contributed by atoms with Gasteiger partial charge < -0.3 is 26.8 Å². The number of carbonyl (C=O) groups excluding carboxylic acids is 3. The van der Waals surface area contributed by atoms with Crippen molar-refractivity contribution >= 4 is 17.7 Å². The van der Waals surface area contributed by atoms with Crippen LogP contribution in [0.4, 0.5) is 0 Å². The summed E-state index contributed by atoms with van der Waals surface area (Å²) in [5.74, 6) is -1.14. The Balaban J connectivity index is 2.33. The minimum absolute atomic E-state index is 0.134. The maximum absolute atomic E-state index is 11.8. The number of phenolic OH excluding ortho intramolecular Hbond substituents is 1. The Kier molecular flexibility index (Phi) is 6.84. The molecule has 8 nitrogen and oxygen atoms in total. The van der Waals surface area contributed by atoms with E-state index < -0.39 is 17.9 Å². The average molecular weight is 308 g/mol. The van der Waals surface area contributed by atoms with Gasteiger partial charge in [-0.1, -0.05) is 12.1 Å². The number of rotatable bonds is 7. The normalized spacial score (nSPS) is 11.4. The Labute approximate surface area is 128 Å². The summed E-state index contributed by atoms with van der Waals surface area (Å²) >= 11 is 0. The van der Waals surface area contributed by atoms with Crippen LogP contribution in [0.3, 0.4) is 0 Å². The van der Waals surface area contributed by atoms with Gasteiger partial charge in [-0.3, -0.25) is 14.4 Å². The number of nitrogens with two attached hydrogens (primary N) is 1. The molecule has 120 valence electrons. The zero-order valence-electron chi connectivity index (χ0n) is 12.3. The molecule has 0 heterocycles. The van der Waals surface area contributed by atoms with Gasteiger partial charge >= 0.3 is 0 Å². The van der Waals surface area contributed by atoms with Gasteiger partial charge in [0.25, 0.3) is 0 Å². The van der Waals surface area contributed by atoms with Crippen molar-refractivity contribution in [3.05, 3.63) is 29.8 Å². The van der Waals surface area contributed by atoms with Gasteiger partial charge in [0.1, 0.15) is 5.75 Å². The van der Waals surface area contributed by atoms with Crippen LogP contribution in [0.25, 0.3) is 0 Å². The summed E-state index contributed by atoms with van der Waals surface area (Å²) in [5.41, 5.74) is 6.54. The van der Waals surface area contributed by atoms with Crippen LogP contribution in [0.2, 0.25) is 0 Å². The number of hydrogen-bond acceptors (Lipinski definition) is 5. The van der Waals surface area contributed by atoms with Gasteiger partial charge in [0.15, 0.2) is 0 Å². The second kappa shape index (κ2) is 8.63. The molecule has 0 aliphatic rings. The molecule has 0 aromatic heterocycles. The molecule has 1 aromatic carbocycles. The third-order valence-corrected chi connectivity index (χ3v) is 2.88. The number of benzene rings is 1.